The molecule has 1 heterocycles. The third-order valence-corrected chi connectivity index (χ3v) is 6.83. The van der Waals surface area contributed by atoms with Crippen molar-refractivity contribution < 1.29 is 17.5 Å². The number of anilines is 5. The van der Waals surface area contributed by atoms with Gasteiger partial charge in [-0.15, -0.1) is 0 Å². The molecule has 3 aromatic rings. The summed E-state index contributed by atoms with van der Waals surface area (Å²) in [7, 11) is -0.807. The van der Waals surface area contributed by atoms with Crippen LogP contribution in [-0.4, -0.2) is 51.7 Å². The Bertz CT molecular complexity index is 1510. The predicted octanol–water partition coefficient (Wildman–Crippen LogP) is 5.77. The molecule has 0 saturated heterocycles. The molecule has 0 atom stereocenters. The van der Waals surface area contributed by atoms with Crippen molar-refractivity contribution in [3.63, 3.8) is 0 Å². The summed E-state index contributed by atoms with van der Waals surface area (Å²) in [4.78, 5) is 17.3. The number of aryl methyl sites for hydroxylation is 1. The summed E-state index contributed by atoms with van der Waals surface area (Å²) in [6.07, 6.45) is 6.22. The molecule has 1 aromatic heterocycles. The van der Waals surface area contributed by atoms with E-state index in [4.69, 9.17) is 4.74 Å². The highest BCUT2D eigenvalue weighted by atomic mass is 32.2. The first-order valence-corrected chi connectivity index (χ1v) is 13.4. The first-order valence-electron chi connectivity index (χ1n) is 11.5. The first-order chi connectivity index (χ1) is 18.1. The van der Waals surface area contributed by atoms with E-state index < -0.39 is 10.0 Å². The molecule has 2 aromatic carbocycles. The van der Waals surface area contributed by atoms with Gasteiger partial charge in [0.05, 0.1) is 30.4 Å². The number of hydrogen-bond donors (Lipinski definition) is 2. The average molecular weight is 540 g/mol. The van der Waals surface area contributed by atoms with Crippen molar-refractivity contribution >= 4 is 69.2 Å². The van der Waals surface area contributed by atoms with Crippen LogP contribution in [0.25, 0.3) is 6.08 Å². The summed E-state index contributed by atoms with van der Waals surface area (Å²) in [5.41, 5.74) is 2.91. The minimum absolute atomic E-state index is 0.194. The second-order valence-corrected chi connectivity index (χ2v) is 10.1. The van der Waals surface area contributed by atoms with Gasteiger partial charge in [-0.2, -0.15) is 4.98 Å². The lowest BCUT2D eigenvalue weighted by molar-refractivity contribution is 0.413. The minimum atomic E-state index is -3.67. The van der Waals surface area contributed by atoms with Crippen molar-refractivity contribution in [1.82, 2.24) is 9.97 Å². The van der Waals surface area contributed by atoms with Crippen LogP contribution in [0.1, 0.15) is 25.0 Å². The Hall–Kier alpha value is -4.32. The van der Waals surface area contributed by atoms with Crippen molar-refractivity contribution in [2.24, 2.45) is 9.98 Å². The topological polar surface area (TPSA) is 121 Å². The number of rotatable bonds is 11. The molecule has 0 aliphatic heterocycles. The van der Waals surface area contributed by atoms with Gasteiger partial charge in [0, 0.05) is 31.1 Å². The molecular weight excluding hydrogens is 509 g/mol. The van der Waals surface area contributed by atoms with Crippen molar-refractivity contribution in [2.75, 3.05) is 35.4 Å². The molecule has 0 fully saturated rings. The standard InChI is InChI=1S/C26H30FN7O3S/c1-8-16-13-21(22(37-6)14-18(16)27)32-26-30-15-17(9-2)25(33-26)31-20-12-11-19(28-4)23(29-10-3)24(20)34(5)38(7,35)36/h9-15H,2,4,8H2,1,3,5-7H3,(H2,30,31,32,33)/b29-10-. The van der Waals surface area contributed by atoms with E-state index in [1.165, 1.54) is 26.4 Å². The number of methoxy groups -OCH3 is 1. The van der Waals surface area contributed by atoms with Crippen molar-refractivity contribution in [3.05, 3.63) is 54.0 Å². The van der Waals surface area contributed by atoms with Gasteiger partial charge in [-0.05, 0) is 43.8 Å². The highest BCUT2D eigenvalue weighted by molar-refractivity contribution is 7.92. The maximum absolute atomic E-state index is 14.3. The van der Waals surface area contributed by atoms with Crippen molar-refractivity contribution in [2.45, 2.75) is 20.3 Å². The smallest absolute Gasteiger partial charge is 0.232 e. The third-order valence-electron chi connectivity index (χ3n) is 5.66. The summed E-state index contributed by atoms with van der Waals surface area (Å²) in [5, 5.41) is 6.26. The summed E-state index contributed by atoms with van der Waals surface area (Å²) in [5.74, 6) is 0.449. The number of ether oxygens (including phenoxy) is 1. The fourth-order valence-corrected chi connectivity index (χ4v) is 4.14. The van der Waals surface area contributed by atoms with Crippen LogP contribution in [-0.2, 0) is 16.4 Å². The molecule has 2 N–H and O–H groups in total. The predicted molar refractivity (Wildman–Crippen MR) is 154 cm³/mol. The molecule has 0 radical (unpaired) electrons. The van der Waals surface area contributed by atoms with E-state index in [9.17, 15) is 12.8 Å². The van der Waals surface area contributed by atoms with Crippen LogP contribution in [0, 0.1) is 5.82 Å². The molecule has 0 aliphatic carbocycles. The number of hydrogen-bond acceptors (Lipinski definition) is 9. The van der Waals surface area contributed by atoms with E-state index in [0.29, 0.717) is 46.1 Å². The Labute approximate surface area is 222 Å². The molecule has 200 valence electrons. The Morgan fingerprint density at radius 1 is 1.24 bits per heavy atom. The van der Waals surface area contributed by atoms with Gasteiger partial charge in [-0.3, -0.25) is 14.3 Å². The minimum Gasteiger partial charge on any atom is -0.494 e. The molecule has 0 amide bonds. The van der Waals surface area contributed by atoms with Gasteiger partial charge in [0.1, 0.15) is 28.8 Å². The second-order valence-electron chi connectivity index (χ2n) is 8.05. The van der Waals surface area contributed by atoms with Crippen LogP contribution in [0.5, 0.6) is 5.75 Å². The summed E-state index contributed by atoms with van der Waals surface area (Å²) >= 11 is 0. The van der Waals surface area contributed by atoms with Gasteiger partial charge < -0.3 is 15.4 Å². The molecule has 0 saturated carbocycles. The molecule has 0 aliphatic rings. The van der Waals surface area contributed by atoms with Gasteiger partial charge in [0.2, 0.25) is 16.0 Å². The fraction of sp³-hybridized carbons (Fsp3) is 0.231. The van der Waals surface area contributed by atoms with E-state index in [1.54, 1.807) is 37.4 Å². The zero-order valence-corrected chi connectivity index (χ0v) is 22.7. The Balaban J connectivity index is 2.14. The van der Waals surface area contributed by atoms with Gasteiger partial charge in [0.25, 0.3) is 0 Å². The molecule has 3 rings (SSSR count). The van der Waals surface area contributed by atoms with E-state index in [0.717, 1.165) is 10.6 Å². The summed E-state index contributed by atoms with van der Waals surface area (Å²) in [6.45, 7) is 11.0. The number of nitrogens with one attached hydrogen (secondary N) is 2. The van der Waals surface area contributed by atoms with Crippen LogP contribution in [0.4, 0.5) is 44.6 Å². The maximum atomic E-state index is 14.3. The van der Waals surface area contributed by atoms with Crippen LogP contribution >= 0.6 is 0 Å². The lowest BCUT2D eigenvalue weighted by Crippen LogP contribution is -2.25. The van der Waals surface area contributed by atoms with E-state index in [-0.39, 0.29) is 23.2 Å². The second kappa shape index (κ2) is 11.8. The highest BCUT2D eigenvalue weighted by Gasteiger charge is 2.23. The van der Waals surface area contributed by atoms with Crippen LogP contribution < -0.4 is 19.7 Å². The zero-order chi connectivity index (χ0) is 28.0. The lowest BCUT2D eigenvalue weighted by atomic mass is 10.1. The Morgan fingerprint density at radius 3 is 2.55 bits per heavy atom. The monoisotopic (exact) mass is 539 g/mol. The molecule has 10 nitrogen and oxygen atoms in total. The van der Waals surface area contributed by atoms with Crippen LogP contribution in [0.2, 0.25) is 0 Å². The normalized spacial score (nSPS) is 11.3. The molecule has 0 unspecified atom stereocenters. The van der Waals surface area contributed by atoms with Crippen molar-refractivity contribution in [3.8, 4) is 5.75 Å². The maximum Gasteiger partial charge on any atom is 0.232 e. The van der Waals surface area contributed by atoms with E-state index in [2.05, 4.69) is 43.9 Å². The molecule has 0 bridgehead atoms. The fourth-order valence-electron chi connectivity index (χ4n) is 3.62. The molecule has 12 heteroatoms. The quantitative estimate of drug-likeness (QED) is 0.297. The average Bonchev–Trinajstić information content (AvgIpc) is 2.89. The van der Waals surface area contributed by atoms with Gasteiger partial charge >= 0.3 is 0 Å². The number of nitrogens with zero attached hydrogens (tertiary/aromatic N) is 5. The van der Waals surface area contributed by atoms with Crippen LogP contribution in [0.15, 0.2) is 47.0 Å². The highest BCUT2D eigenvalue weighted by Crippen LogP contribution is 2.45. The number of halogens is 1. The van der Waals surface area contributed by atoms with Gasteiger partial charge in [-0.1, -0.05) is 19.6 Å². The number of aliphatic imine (C=N–C) groups is 2. The molecule has 0 spiro atoms. The third kappa shape index (κ3) is 5.97. The Kier molecular flexibility index (Phi) is 8.79. The van der Waals surface area contributed by atoms with E-state index in [1.807, 2.05) is 6.92 Å². The lowest BCUT2D eigenvalue weighted by Gasteiger charge is -2.24. The first kappa shape index (κ1) is 28.3. The van der Waals surface area contributed by atoms with Gasteiger partial charge in [0.15, 0.2) is 0 Å². The largest absolute Gasteiger partial charge is 0.494 e. The summed E-state index contributed by atoms with van der Waals surface area (Å²) in [6, 6.07) is 6.27. The molecular formula is C26H30FN7O3S. The number of sulfonamides is 1. The SMILES string of the molecule is C=Cc1cnc(Nc2cc(CC)c(F)cc2OC)nc1Nc1ccc(N=C)c(/N=C\C)c1N(C)S(C)(=O)=O. The number of aromatic nitrogens is 2. The molecule has 38 heavy (non-hydrogen) atoms. The summed E-state index contributed by atoms with van der Waals surface area (Å²) < 4.78 is 45.7. The zero-order valence-electron chi connectivity index (χ0n) is 21.9. The van der Waals surface area contributed by atoms with Crippen molar-refractivity contribution in [1.29, 1.82) is 0 Å². The Morgan fingerprint density at radius 2 is 1.97 bits per heavy atom. The van der Waals surface area contributed by atoms with Crippen LogP contribution in [0.3, 0.4) is 0 Å². The van der Waals surface area contributed by atoms with E-state index >= 15 is 0 Å². The number of benzene rings is 2. The van der Waals surface area contributed by atoms with Gasteiger partial charge in [-0.25, -0.2) is 17.8 Å².